The third kappa shape index (κ3) is 3.36. The zero-order valence-electron chi connectivity index (χ0n) is 15.7. The Morgan fingerprint density at radius 2 is 1.73 bits per heavy atom. The van der Waals surface area contributed by atoms with Gasteiger partial charge < -0.3 is 9.80 Å². The van der Waals surface area contributed by atoms with Crippen molar-refractivity contribution in [1.29, 1.82) is 0 Å². The van der Waals surface area contributed by atoms with Crippen LogP contribution < -0.4 is 9.80 Å². The predicted octanol–water partition coefficient (Wildman–Crippen LogP) is 4.71. The highest BCUT2D eigenvalue weighted by molar-refractivity contribution is 5.97. The van der Waals surface area contributed by atoms with Gasteiger partial charge in [0.2, 0.25) is 11.8 Å². The molecule has 136 valence electrons. The zero-order chi connectivity index (χ0) is 18.7. The lowest BCUT2D eigenvalue weighted by molar-refractivity contribution is -0.119. The first-order valence-electron chi connectivity index (χ1n) is 9.30. The molecule has 0 bridgehead atoms. The van der Waals surface area contributed by atoms with Crippen molar-refractivity contribution in [2.24, 2.45) is 0 Å². The number of para-hydroxylation sites is 2. The topological polar surface area (TPSA) is 40.6 Å². The average molecular weight is 350 g/mol. The minimum absolute atomic E-state index is 0.0352. The molecule has 1 aliphatic heterocycles. The molecular weight excluding hydrogens is 324 g/mol. The Labute approximate surface area is 155 Å². The fourth-order valence-electron chi connectivity index (χ4n) is 3.93. The van der Waals surface area contributed by atoms with Gasteiger partial charge in [-0.15, -0.1) is 0 Å². The molecule has 0 saturated heterocycles. The number of carbonyl (C=O) groups excluding carboxylic acids is 2. The van der Waals surface area contributed by atoms with Crippen LogP contribution in [0.2, 0.25) is 0 Å². The molecule has 2 amide bonds. The van der Waals surface area contributed by atoms with E-state index in [1.165, 1.54) is 0 Å². The van der Waals surface area contributed by atoms with E-state index in [9.17, 15) is 9.59 Å². The third-order valence-electron chi connectivity index (χ3n) is 4.98. The van der Waals surface area contributed by atoms with Gasteiger partial charge >= 0.3 is 0 Å². The molecule has 0 spiro atoms. The van der Waals surface area contributed by atoms with E-state index >= 15 is 0 Å². The summed E-state index contributed by atoms with van der Waals surface area (Å²) in [7, 11) is 0. The monoisotopic (exact) mass is 350 g/mol. The fourth-order valence-corrected chi connectivity index (χ4v) is 3.93. The summed E-state index contributed by atoms with van der Waals surface area (Å²) in [6.07, 6.45) is 2.05. The first-order chi connectivity index (χ1) is 12.5. The van der Waals surface area contributed by atoms with Crippen LogP contribution >= 0.6 is 0 Å². The first-order valence-corrected chi connectivity index (χ1v) is 9.30. The maximum Gasteiger partial charge on any atom is 0.227 e. The molecule has 0 unspecified atom stereocenters. The molecule has 0 aliphatic carbocycles. The van der Waals surface area contributed by atoms with Gasteiger partial charge in [-0.3, -0.25) is 9.59 Å². The van der Waals surface area contributed by atoms with E-state index in [1.54, 1.807) is 6.92 Å². The minimum atomic E-state index is -0.0711. The lowest BCUT2D eigenvalue weighted by atomic mass is 9.89. The molecule has 0 fully saturated rings. The molecule has 2 atom stereocenters. The number of anilines is 2. The van der Waals surface area contributed by atoms with Gasteiger partial charge in [-0.05, 0) is 43.5 Å². The summed E-state index contributed by atoms with van der Waals surface area (Å²) >= 11 is 0. The Morgan fingerprint density at radius 1 is 1.08 bits per heavy atom. The summed E-state index contributed by atoms with van der Waals surface area (Å²) < 4.78 is 0. The summed E-state index contributed by atoms with van der Waals surface area (Å²) in [5.74, 6) is 0.163. The van der Waals surface area contributed by atoms with Crippen LogP contribution in [0.5, 0.6) is 0 Å². The first kappa shape index (κ1) is 18.2. The van der Waals surface area contributed by atoms with Crippen molar-refractivity contribution in [1.82, 2.24) is 0 Å². The zero-order valence-corrected chi connectivity index (χ0v) is 15.7. The number of amides is 2. The number of hydrogen-bond donors (Lipinski definition) is 0. The molecule has 1 heterocycles. The van der Waals surface area contributed by atoms with Crippen molar-refractivity contribution in [3.8, 4) is 0 Å². The molecule has 0 radical (unpaired) electrons. The van der Waals surface area contributed by atoms with Crippen LogP contribution in [0.25, 0.3) is 0 Å². The second-order valence-corrected chi connectivity index (χ2v) is 6.90. The maximum atomic E-state index is 13.0. The van der Waals surface area contributed by atoms with Gasteiger partial charge in [0, 0.05) is 30.8 Å². The van der Waals surface area contributed by atoms with Gasteiger partial charge in [-0.1, -0.05) is 43.3 Å². The summed E-state index contributed by atoms with van der Waals surface area (Å²) in [6.45, 7) is 5.68. The van der Waals surface area contributed by atoms with Gasteiger partial charge in [0.05, 0.1) is 6.04 Å². The van der Waals surface area contributed by atoms with Crippen LogP contribution in [-0.4, -0.2) is 17.9 Å². The second kappa shape index (κ2) is 7.73. The number of nitrogens with zero attached hydrogens (tertiary/aromatic N) is 2. The van der Waals surface area contributed by atoms with Crippen molar-refractivity contribution < 1.29 is 9.59 Å². The van der Waals surface area contributed by atoms with Gasteiger partial charge in [0.1, 0.15) is 0 Å². The quantitative estimate of drug-likeness (QED) is 0.801. The number of fused-ring (bicyclic) bond motifs is 1. The molecule has 2 aromatic carbocycles. The van der Waals surface area contributed by atoms with Crippen LogP contribution in [0, 0.1) is 0 Å². The largest absolute Gasteiger partial charge is 0.309 e. The smallest absolute Gasteiger partial charge is 0.227 e. The normalized spacial score (nSPS) is 19.0. The van der Waals surface area contributed by atoms with E-state index < -0.39 is 0 Å². The van der Waals surface area contributed by atoms with Gasteiger partial charge in [0.25, 0.3) is 0 Å². The average Bonchev–Trinajstić information content (AvgIpc) is 2.62. The molecule has 4 nitrogen and oxygen atoms in total. The van der Waals surface area contributed by atoms with Crippen LogP contribution in [0.3, 0.4) is 0 Å². The Kier molecular flexibility index (Phi) is 5.40. The van der Waals surface area contributed by atoms with Crippen molar-refractivity contribution in [2.75, 3.05) is 9.80 Å². The molecular formula is C22H26N2O2. The van der Waals surface area contributed by atoms with Crippen molar-refractivity contribution in [3.63, 3.8) is 0 Å². The van der Waals surface area contributed by atoms with Crippen LogP contribution in [0.1, 0.15) is 51.6 Å². The van der Waals surface area contributed by atoms with E-state index in [1.807, 2.05) is 71.3 Å². The number of benzene rings is 2. The summed E-state index contributed by atoms with van der Waals surface area (Å²) in [6, 6.07) is 17.8. The Hall–Kier alpha value is -2.62. The standard InChI is InChI=1S/C22H26N2O2/c1-4-10-22(26)24(18-11-6-5-7-12-18)21-15-16(2)23(17(3)25)20-14-9-8-13-19(20)21/h5-9,11-14,16,21H,4,10,15H2,1-3H3/t16-,21+/m1/s1. The number of rotatable bonds is 4. The SMILES string of the molecule is CCCC(=O)N(c1ccccc1)[C@H]1C[C@@H](C)N(C(C)=O)c2ccccc21. The molecule has 1 aliphatic rings. The van der Waals surface area contributed by atoms with E-state index in [4.69, 9.17) is 0 Å². The molecule has 0 N–H and O–H groups in total. The predicted molar refractivity (Wildman–Crippen MR) is 105 cm³/mol. The minimum Gasteiger partial charge on any atom is -0.309 e. The molecule has 0 saturated carbocycles. The van der Waals surface area contributed by atoms with E-state index in [2.05, 4.69) is 6.92 Å². The van der Waals surface area contributed by atoms with Gasteiger partial charge in [-0.25, -0.2) is 0 Å². The lowest BCUT2D eigenvalue weighted by Gasteiger charge is -2.43. The molecule has 3 rings (SSSR count). The summed E-state index contributed by atoms with van der Waals surface area (Å²) in [5, 5.41) is 0. The number of hydrogen-bond acceptors (Lipinski definition) is 2. The third-order valence-corrected chi connectivity index (χ3v) is 4.98. The Balaban J connectivity index is 2.11. The Morgan fingerprint density at radius 3 is 2.38 bits per heavy atom. The van der Waals surface area contributed by atoms with Crippen molar-refractivity contribution >= 4 is 23.2 Å². The highest BCUT2D eigenvalue weighted by Crippen LogP contribution is 2.42. The molecule has 2 aromatic rings. The van der Waals surface area contributed by atoms with Crippen LogP contribution in [0.4, 0.5) is 11.4 Å². The molecule has 26 heavy (non-hydrogen) atoms. The van der Waals surface area contributed by atoms with E-state index in [-0.39, 0.29) is 23.9 Å². The van der Waals surface area contributed by atoms with Crippen molar-refractivity contribution in [3.05, 3.63) is 60.2 Å². The summed E-state index contributed by atoms with van der Waals surface area (Å²) in [5.41, 5.74) is 2.86. The van der Waals surface area contributed by atoms with Gasteiger partial charge in [-0.2, -0.15) is 0 Å². The highest BCUT2D eigenvalue weighted by Gasteiger charge is 2.37. The number of carbonyl (C=O) groups is 2. The Bertz CT molecular complexity index is 788. The second-order valence-electron chi connectivity index (χ2n) is 6.90. The van der Waals surface area contributed by atoms with Crippen molar-refractivity contribution in [2.45, 2.75) is 52.1 Å². The maximum absolute atomic E-state index is 13.0. The van der Waals surface area contributed by atoms with E-state index in [0.717, 1.165) is 29.8 Å². The van der Waals surface area contributed by atoms with Crippen LogP contribution in [0.15, 0.2) is 54.6 Å². The fraction of sp³-hybridized carbons (Fsp3) is 0.364. The van der Waals surface area contributed by atoms with Crippen LogP contribution in [-0.2, 0) is 9.59 Å². The highest BCUT2D eigenvalue weighted by atomic mass is 16.2. The van der Waals surface area contributed by atoms with E-state index in [0.29, 0.717) is 6.42 Å². The summed E-state index contributed by atoms with van der Waals surface area (Å²) in [4.78, 5) is 29.0. The molecule has 0 aromatic heterocycles. The lowest BCUT2D eigenvalue weighted by Crippen LogP contribution is -2.47. The van der Waals surface area contributed by atoms with Gasteiger partial charge in [0.15, 0.2) is 0 Å². The molecule has 4 heteroatoms.